The van der Waals surface area contributed by atoms with Crippen molar-refractivity contribution in [1.29, 1.82) is 0 Å². The third kappa shape index (κ3) is 4.49. The van der Waals surface area contributed by atoms with E-state index in [1.54, 1.807) is 0 Å². The summed E-state index contributed by atoms with van der Waals surface area (Å²) in [5.74, 6) is 1.70. The van der Waals surface area contributed by atoms with Gasteiger partial charge in [0.25, 0.3) is 0 Å². The van der Waals surface area contributed by atoms with Crippen molar-refractivity contribution in [2.24, 2.45) is 0 Å². The van der Waals surface area contributed by atoms with Gasteiger partial charge in [0.2, 0.25) is 5.91 Å². The molecule has 1 N–H and O–H groups in total. The summed E-state index contributed by atoms with van der Waals surface area (Å²) in [6.45, 7) is 5.75. The lowest BCUT2D eigenvalue weighted by molar-refractivity contribution is -0.126. The molecule has 0 radical (unpaired) electrons. The molecule has 0 unspecified atom stereocenters. The first-order valence-corrected chi connectivity index (χ1v) is 10.4. The summed E-state index contributed by atoms with van der Waals surface area (Å²) in [7, 11) is 0. The first-order chi connectivity index (χ1) is 13.7. The van der Waals surface area contributed by atoms with Gasteiger partial charge in [0.15, 0.2) is 11.5 Å². The molecule has 150 valence electrons. The third-order valence-corrected chi connectivity index (χ3v) is 5.53. The van der Waals surface area contributed by atoms with Crippen molar-refractivity contribution in [1.82, 2.24) is 5.32 Å². The van der Waals surface area contributed by atoms with E-state index in [0.29, 0.717) is 19.8 Å². The lowest BCUT2D eigenvalue weighted by atomic mass is 9.78. The molecular weight excluding hydrogens is 350 g/mol. The molecule has 4 nitrogen and oxygen atoms in total. The maximum absolute atomic E-state index is 13.1. The minimum Gasteiger partial charge on any atom is -0.490 e. The number of hydrogen-bond donors (Lipinski definition) is 1. The topological polar surface area (TPSA) is 47.6 Å². The van der Waals surface area contributed by atoms with Crippen LogP contribution in [0.15, 0.2) is 48.5 Å². The second-order valence-electron chi connectivity index (χ2n) is 7.31. The lowest BCUT2D eigenvalue weighted by Gasteiger charge is -2.28. The second kappa shape index (κ2) is 9.63. The first-order valence-electron chi connectivity index (χ1n) is 10.4. The van der Waals surface area contributed by atoms with Crippen molar-refractivity contribution in [2.75, 3.05) is 19.8 Å². The van der Waals surface area contributed by atoms with Crippen LogP contribution in [0.25, 0.3) is 0 Å². The summed E-state index contributed by atoms with van der Waals surface area (Å²) in [6, 6.07) is 16.2. The fourth-order valence-corrected chi connectivity index (χ4v) is 4.12. The van der Waals surface area contributed by atoms with Gasteiger partial charge in [0.1, 0.15) is 0 Å². The van der Waals surface area contributed by atoms with Crippen molar-refractivity contribution < 1.29 is 14.3 Å². The van der Waals surface area contributed by atoms with Crippen LogP contribution in [0, 0.1) is 0 Å². The summed E-state index contributed by atoms with van der Waals surface area (Å²) in [6.07, 6.45) is 4.85. The normalized spacial score (nSPS) is 15.2. The van der Waals surface area contributed by atoms with Gasteiger partial charge in [-0.15, -0.1) is 0 Å². The van der Waals surface area contributed by atoms with Gasteiger partial charge in [0, 0.05) is 6.54 Å². The molecule has 1 amide bonds. The highest BCUT2D eigenvalue weighted by molar-refractivity contribution is 5.88. The molecule has 3 rings (SSSR count). The molecule has 1 aliphatic carbocycles. The Morgan fingerprint density at radius 3 is 2.32 bits per heavy atom. The number of rotatable bonds is 9. The van der Waals surface area contributed by atoms with Crippen LogP contribution in [-0.4, -0.2) is 25.7 Å². The molecule has 0 bridgehead atoms. The highest BCUT2D eigenvalue weighted by Gasteiger charge is 2.42. The Morgan fingerprint density at radius 1 is 0.964 bits per heavy atom. The van der Waals surface area contributed by atoms with Crippen LogP contribution in [0.4, 0.5) is 0 Å². The minimum absolute atomic E-state index is 0.159. The molecule has 2 aromatic rings. The van der Waals surface area contributed by atoms with Gasteiger partial charge in [-0.05, 0) is 56.4 Å². The SMILES string of the molecule is CCOc1ccc(CCNC(=O)C2(c3ccccc3)CCCC2)cc1OCC. The largest absolute Gasteiger partial charge is 0.490 e. The fraction of sp³-hybridized carbons (Fsp3) is 0.458. The van der Waals surface area contributed by atoms with Crippen LogP contribution in [0.2, 0.25) is 0 Å². The van der Waals surface area contributed by atoms with E-state index in [1.807, 2.05) is 50.2 Å². The van der Waals surface area contributed by atoms with Crippen LogP contribution in [0.5, 0.6) is 11.5 Å². The smallest absolute Gasteiger partial charge is 0.230 e. The monoisotopic (exact) mass is 381 g/mol. The fourth-order valence-electron chi connectivity index (χ4n) is 4.12. The van der Waals surface area contributed by atoms with Crippen molar-refractivity contribution >= 4 is 5.91 Å². The van der Waals surface area contributed by atoms with Crippen molar-refractivity contribution in [3.63, 3.8) is 0 Å². The average molecular weight is 382 g/mol. The molecule has 1 fully saturated rings. The zero-order chi connectivity index (χ0) is 19.8. The number of benzene rings is 2. The summed E-state index contributed by atoms with van der Waals surface area (Å²) >= 11 is 0. The van der Waals surface area contributed by atoms with Crippen LogP contribution in [0.1, 0.15) is 50.7 Å². The second-order valence-corrected chi connectivity index (χ2v) is 7.31. The standard InChI is InChI=1S/C24H31NO3/c1-3-27-21-13-12-19(18-22(21)28-4-2)14-17-25-23(26)24(15-8-9-16-24)20-10-6-5-7-11-20/h5-7,10-13,18H,3-4,8-9,14-17H2,1-2H3,(H,25,26). The van der Waals surface area contributed by atoms with E-state index >= 15 is 0 Å². The van der Waals surface area contributed by atoms with E-state index in [-0.39, 0.29) is 11.3 Å². The van der Waals surface area contributed by atoms with Crippen LogP contribution in [-0.2, 0) is 16.6 Å². The Hall–Kier alpha value is -2.49. The Balaban J connectivity index is 1.64. The molecule has 0 saturated heterocycles. The van der Waals surface area contributed by atoms with Gasteiger partial charge in [-0.1, -0.05) is 49.2 Å². The lowest BCUT2D eigenvalue weighted by Crippen LogP contribution is -2.43. The Morgan fingerprint density at radius 2 is 1.64 bits per heavy atom. The quantitative estimate of drug-likeness (QED) is 0.687. The van der Waals surface area contributed by atoms with Crippen molar-refractivity contribution in [2.45, 2.75) is 51.4 Å². The zero-order valence-electron chi connectivity index (χ0n) is 17.0. The summed E-state index contributed by atoms with van der Waals surface area (Å²) in [5.41, 5.74) is 1.91. The van der Waals surface area contributed by atoms with Crippen LogP contribution in [0.3, 0.4) is 0 Å². The van der Waals surface area contributed by atoms with Crippen LogP contribution < -0.4 is 14.8 Å². The van der Waals surface area contributed by atoms with Gasteiger partial charge in [-0.25, -0.2) is 0 Å². The van der Waals surface area contributed by atoms with E-state index in [1.165, 1.54) is 0 Å². The van der Waals surface area contributed by atoms with E-state index in [0.717, 1.165) is 54.7 Å². The molecule has 0 heterocycles. The molecule has 1 aliphatic rings. The highest BCUT2D eigenvalue weighted by Crippen LogP contribution is 2.41. The average Bonchev–Trinajstić information content (AvgIpc) is 3.22. The highest BCUT2D eigenvalue weighted by atomic mass is 16.5. The number of nitrogens with one attached hydrogen (secondary N) is 1. The van der Waals surface area contributed by atoms with E-state index in [4.69, 9.17) is 9.47 Å². The molecule has 4 heteroatoms. The van der Waals surface area contributed by atoms with E-state index in [9.17, 15) is 4.79 Å². The maximum Gasteiger partial charge on any atom is 0.230 e. The third-order valence-electron chi connectivity index (χ3n) is 5.53. The molecule has 0 aliphatic heterocycles. The maximum atomic E-state index is 13.1. The molecule has 28 heavy (non-hydrogen) atoms. The molecule has 2 aromatic carbocycles. The number of amides is 1. The van der Waals surface area contributed by atoms with Crippen molar-refractivity contribution in [3.8, 4) is 11.5 Å². The van der Waals surface area contributed by atoms with Crippen molar-refractivity contribution in [3.05, 3.63) is 59.7 Å². The van der Waals surface area contributed by atoms with Gasteiger partial charge >= 0.3 is 0 Å². The molecule has 0 spiro atoms. The van der Waals surface area contributed by atoms with E-state index < -0.39 is 0 Å². The molecule has 0 aromatic heterocycles. The summed E-state index contributed by atoms with van der Waals surface area (Å²) in [5, 5.41) is 3.19. The van der Waals surface area contributed by atoms with Gasteiger partial charge in [0.05, 0.1) is 18.6 Å². The predicted octanol–water partition coefficient (Wildman–Crippen LogP) is 4.65. The van der Waals surface area contributed by atoms with Gasteiger partial charge in [-0.3, -0.25) is 4.79 Å². The molecule has 1 saturated carbocycles. The summed E-state index contributed by atoms with van der Waals surface area (Å²) in [4.78, 5) is 13.1. The Kier molecular flexibility index (Phi) is 6.96. The minimum atomic E-state index is -0.365. The summed E-state index contributed by atoms with van der Waals surface area (Å²) < 4.78 is 11.3. The predicted molar refractivity (Wildman–Crippen MR) is 112 cm³/mol. The number of carbonyl (C=O) groups excluding carboxylic acids is 1. The van der Waals surface area contributed by atoms with Gasteiger partial charge in [-0.2, -0.15) is 0 Å². The first kappa shape index (κ1) is 20.2. The number of hydrogen-bond acceptors (Lipinski definition) is 3. The number of ether oxygens (including phenoxy) is 2. The number of carbonyl (C=O) groups is 1. The molecule has 0 atom stereocenters. The van der Waals surface area contributed by atoms with Crippen LogP contribution >= 0.6 is 0 Å². The van der Waals surface area contributed by atoms with Gasteiger partial charge < -0.3 is 14.8 Å². The Bertz CT molecular complexity index is 767. The zero-order valence-corrected chi connectivity index (χ0v) is 17.0. The Labute approximate surface area is 168 Å². The molecular formula is C24H31NO3. The van der Waals surface area contributed by atoms with E-state index in [2.05, 4.69) is 17.4 Å².